The normalized spacial score (nSPS) is 23.5. The van der Waals surface area contributed by atoms with E-state index in [1.807, 2.05) is 30.3 Å². The van der Waals surface area contributed by atoms with Gasteiger partial charge in [-0.2, -0.15) is 0 Å². The van der Waals surface area contributed by atoms with E-state index < -0.39 is 16.2 Å². The fraction of sp³-hybridized carbons (Fsp3) is 0.312. The van der Waals surface area contributed by atoms with E-state index in [2.05, 4.69) is 24.2 Å². The maximum absolute atomic E-state index is 14.8. The maximum atomic E-state index is 14.8. The monoisotopic (exact) mass is 578 g/mol. The Hall–Kier alpha value is -5.06. The van der Waals surface area contributed by atoms with Gasteiger partial charge in [-0.25, -0.2) is 14.7 Å². The Morgan fingerprint density at radius 2 is 1.70 bits per heavy atom. The molecule has 0 radical (unpaired) electrons. The van der Waals surface area contributed by atoms with Gasteiger partial charge in [-0.1, -0.05) is 37.3 Å². The highest BCUT2D eigenvalue weighted by Gasteiger charge is 2.75. The highest BCUT2D eigenvalue weighted by atomic mass is 16.6. The topological polar surface area (TPSA) is 124 Å². The van der Waals surface area contributed by atoms with Crippen molar-refractivity contribution in [1.29, 1.82) is 0 Å². The zero-order valence-corrected chi connectivity index (χ0v) is 24.0. The van der Waals surface area contributed by atoms with Gasteiger partial charge in [0.25, 0.3) is 17.5 Å². The SMILES string of the molecule is COc1ccc(-n2nnc(C(=O)N3C4CC5CCC4(C(=O)N3c3ccccc3)C5(C)C)c2-c2ccc([N+](=O)[O-])cc2)cc1. The number of aromatic nitrogens is 3. The molecular formula is C32H30N6O5. The number of nitrogens with zero attached hydrogens (tertiary/aromatic N) is 6. The van der Waals surface area contributed by atoms with Crippen LogP contribution in [0.3, 0.4) is 0 Å². The third kappa shape index (κ3) is 3.66. The highest BCUT2D eigenvalue weighted by Crippen LogP contribution is 2.70. The Labute approximate surface area is 247 Å². The predicted molar refractivity (Wildman–Crippen MR) is 157 cm³/mol. The van der Waals surface area contributed by atoms with E-state index in [9.17, 15) is 19.7 Å². The summed E-state index contributed by atoms with van der Waals surface area (Å²) in [5, 5.41) is 23.3. The van der Waals surface area contributed by atoms with Crippen molar-refractivity contribution < 1.29 is 19.2 Å². The average molecular weight is 579 g/mol. The molecule has 1 aromatic heterocycles. The minimum absolute atomic E-state index is 0.0519. The molecule has 2 bridgehead atoms. The number of para-hydroxylation sites is 1. The van der Waals surface area contributed by atoms with Crippen molar-refractivity contribution in [2.45, 2.75) is 39.2 Å². The van der Waals surface area contributed by atoms with Crippen molar-refractivity contribution >= 4 is 23.2 Å². The summed E-state index contributed by atoms with van der Waals surface area (Å²) < 4.78 is 6.84. The first-order chi connectivity index (χ1) is 20.7. The highest BCUT2D eigenvalue weighted by molar-refractivity contribution is 6.09. The molecule has 218 valence electrons. The average Bonchev–Trinajstić information content (AvgIpc) is 3.72. The fourth-order valence-electron chi connectivity index (χ4n) is 7.67. The van der Waals surface area contributed by atoms with E-state index in [1.165, 1.54) is 12.1 Å². The number of methoxy groups -OCH3 is 1. The Morgan fingerprint density at radius 1 is 1.00 bits per heavy atom. The van der Waals surface area contributed by atoms with Crippen LogP contribution in [0, 0.1) is 26.9 Å². The molecule has 4 aromatic rings. The fourth-order valence-corrected chi connectivity index (χ4v) is 7.67. The molecule has 1 aliphatic heterocycles. The number of non-ortho nitro benzene ring substituents is 1. The van der Waals surface area contributed by atoms with E-state index in [-0.39, 0.29) is 28.7 Å². The number of hydrogen-bond donors (Lipinski definition) is 0. The van der Waals surface area contributed by atoms with Gasteiger partial charge in [0.05, 0.1) is 34.9 Å². The summed E-state index contributed by atoms with van der Waals surface area (Å²) in [5.41, 5.74) is 1.12. The van der Waals surface area contributed by atoms with E-state index in [0.717, 1.165) is 12.8 Å². The van der Waals surface area contributed by atoms with E-state index in [0.29, 0.717) is 40.7 Å². The van der Waals surface area contributed by atoms with Crippen molar-refractivity contribution in [3.8, 4) is 22.7 Å². The molecule has 1 saturated heterocycles. The zero-order valence-electron chi connectivity index (χ0n) is 24.0. The quantitative estimate of drug-likeness (QED) is 0.220. The molecule has 1 spiro atoms. The van der Waals surface area contributed by atoms with Gasteiger partial charge in [0.15, 0.2) is 5.69 Å². The summed E-state index contributed by atoms with van der Waals surface area (Å²) >= 11 is 0. The summed E-state index contributed by atoms with van der Waals surface area (Å²) in [6, 6.07) is 22.0. The molecule has 7 rings (SSSR count). The Morgan fingerprint density at radius 3 is 2.33 bits per heavy atom. The second kappa shape index (κ2) is 9.48. The second-order valence-electron chi connectivity index (χ2n) is 12.0. The van der Waals surface area contributed by atoms with Gasteiger partial charge in [-0.15, -0.1) is 5.10 Å². The molecule has 11 nitrogen and oxygen atoms in total. The van der Waals surface area contributed by atoms with Crippen molar-refractivity contribution in [1.82, 2.24) is 20.0 Å². The molecule has 43 heavy (non-hydrogen) atoms. The number of amides is 2. The number of carbonyl (C=O) groups excluding carboxylic acids is 2. The molecule has 11 heteroatoms. The molecule has 3 fully saturated rings. The minimum Gasteiger partial charge on any atom is -0.497 e. The number of carbonyl (C=O) groups is 2. The van der Waals surface area contributed by atoms with Crippen molar-refractivity contribution in [2.24, 2.45) is 16.7 Å². The lowest BCUT2D eigenvalue weighted by Crippen LogP contribution is -2.47. The van der Waals surface area contributed by atoms with Crippen LogP contribution in [0.15, 0.2) is 78.9 Å². The zero-order chi connectivity index (χ0) is 30.1. The predicted octanol–water partition coefficient (Wildman–Crippen LogP) is 5.45. The standard InChI is InChI=1S/C32H30N6O5/c1-31(2)21-17-18-32(31)26(19-21)37(36(30(32)40)23-7-5-4-6-8-23)29(39)27-28(20-9-11-24(12-10-20)38(41)42)35(34-33-27)22-13-15-25(43-3)16-14-22/h4-16,21,26H,17-19H2,1-3H3. The van der Waals surface area contributed by atoms with Gasteiger partial charge in [-0.3, -0.25) is 19.7 Å². The molecular weight excluding hydrogens is 548 g/mol. The van der Waals surface area contributed by atoms with Gasteiger partial charge < -0.3 is 4.74 Å². The molecule has 0 N–H and O–H groups in total. The van der Waals surface area contributed by atoms with E-state index in [4.69, 9.17) is 4.74 Å². The van der Waals surface area contributed by atoms with E-state index in [1.54, 1.807) is 58.2 Å². The number of hydrogen-bond acceptors (Lipinski definition) is 7. The largest absolute Gasteiger partial charge is 0.497 e. The molecule has 3 atom stereocenters. The van der Waals surface area contributed by atoms with Gasteiger partial charge in [0, 0.05) is 17.7 Å². The third-order valence-corrected chi connectivity index (χ3v) is 9.97. The third-order valence-electron chi connectivity index (χ3n) is 9.97. The van der Waals surface area contributed by atoms with Crippen LogP contribution in [0.5, 0.6) is 5.75 Å². The smallest absolute Gasteiger partial charge is 0.295 e. The summed E-state index contributed by atoms with van der Waals surface area (Å²) in [6.07, 6.45) is 2.38. The lowest BCUT2D eigenvalue weighted by molar-refractivity contribution is -0.384. The van der Waals surface area contributed by atoms with Crippen LogP contribution in [0.1, 0.15) is 43.6 Å². The summed E-state index contributed by atoms with van der Waals surface area (Å²) in [5.74, 6) is 0.450. The van der Waals surface area contributed by atoms with Crippen molar-refractivity contribution in [2.75, 3.05) is 12.1 Å². The van der Waals surface area contributed by atoms with Crippen LogP contribution in [0.2, 0.25) is 0 Å². The molecule has 2 aliphatic carbocycles. The van der Waals surface area contributed by atoms with Crippen LogP contribution < -0.4 is 9.75 Å². The number of nitro benzene ring substituents is 1. The Kier molecular flexibility index (Phi) is 5.91. The van der Waals surface area contributed by atoms with E-state index >= 15 is 0 Å². The van der Waals surface area contributed by atoms with Crippen LogP contribution in [-0.4, -0.2) is 49.9 Å². The number of rotatable bonds is 6. The molecule has 2 heterocycles. The number of fused-ring (bicyclic) bond motifs is 1. The van der Waals surface area contributed by atoms with Gasteiger partial charge in [-0.05, 0) is 79.1 Å². The maximum Gasteiger partial charge on any atom is 0.295 e. The molecule has 2 saturated carbocycles. The van der Waals surface area contributed by atoms with Crippen molar-refractivity contribution in [3.05, 3.63) is 94.7 Å². The Bertz CT molecular complexity index is 1750. The summed E-state index contributed by atoms with van der Waals surface area (Å²) in [4.78, 5) is 40.2. The Balaban J connectivity index is 1.40. The van der Waals surface area contributed by atoms with Crippen LogP contribution >= 0.6 is 0 Å². The molecule has 3 aromatic carbocycles. The lowest BCUT2D eigenvalue weighted by atomic mass is 9.67. The number of hydrazine groups is 1. The van der Waals surface area contributed by atoms with Crippen LogP contribution in [-0.2, 0) is 4.79 Å². The van der Waals surface area contributed by atoms with Gasteiger partial charge in [0.1, 0.15) is 11.4 Å². The number of benzene rings is 3. The molecule has 2 amide bonds. The number of ether oxygens (including phenoxy) is 1. The molecule has 3 unspecified atom stereocenters. The lowest BCUT2D eigenvalue weighted by Gasteiger charge is -2.34. The van der Waals surface area contributed by atoms with Gasteiger partial charge >= 0.3 is 0 Å². The van der Waals surface area contributed by atoms with Crippen molar-refractivity contribution in [3.63, 3.8) is 0 Å². The first kappa shape index (κ1) is 26.8. The first-order valence-electron chi connectivity index (χ1n) is 14.3. The van der Waals surface area contributed by atoms with Crippen LogP contribution in [0.25, 0.3) is 16.9 Å². The number of nitro groups is 1. The van der Waals surface area contributed by atoms with Gasteiger partial charge in [0.2, 0.25) is 0 Å². The summed E-state index contributed by atoms with van der Waals surface area (Å²) in [7, 11) is 1.57. The molecule has 3 aliphatic rings. The second-order valence-corrected chi connectivity index (χ2v) is 12.0. The first-order valence-corrected chi connectivity index (χ1v) is 14.3. The number of anilines is 1. The minimum atomic E-state index is -0.706. The summed E-state index contributed by atoms with van der Waals surface area (Å²) in [6.45, 7) is 4.31. The van der Waals surface area contributed by atoms with Crippen LogP contribution in [0.4, 0.5) is 11.4 Å².